The Morgan fingerprint density at radius 3 is 2.44 bits per heavy atom. The van der Waals surface area contributed by atoms with Crippen LogP contribution in [0.5, 0.6) is 5.75 Å². The first-order valence-electron chi connectivity index (χ1n) is 8.82. The molecule has 0 N–H and O–H groups in total. The van der Waals surface area contributed by atoms with Gasteiger partial charge in [0.15, 0.2) is 0 Å². The van der Waals surface area contributed by atoms with Gasteiger partial charge >= 0.3 is 0 Å². The lowest BCUT2D eigenvalue weighted by Gasteiger charge is -2.34. The fourth-order valence-corrected chi connectivity index (χ4v) is 3.75. The molecule has 1 heterocycles. The number of rotatable bonds is 4. The summed E-state index contributed by atoms with van der Waals surface area (Å²) in [5.41, 5.74) is 8.22. The first-order valence-corrected chi connectivity index (χ1v) is 8.82. The van der Waals surface area contributed by atoms with Gasteiger partial charge in [-0.1, -0.05) is 54.6 Å². The van der Waals surface area contributed by atoms with E-state index < -0.39 is 0 Å². The van der Waals surface area contributed by atoms with Crippen molar-refractivity contribution in [2.75, 3.05) is 18.6 Å². The minimum Gasteiger partial charge on any atom is -0.497 e. The van der Waals surface area contributed by atoms with Crippen molar-refractivity contribution in [3.63, 3.8) is 0 Å². The maximum absolute atomic E-state index is 5.25. The molecule has 0 aromatic heterocycles. The molecule has 0 atom stereocenters. The molecule has 1 aliphatic rings. The van der Waals surface area contributed by atoms with E-state index in [-0.39, 0.29) is 0 Å². The molecule has 2 heteroatoms. The van der Waals surface area contributed by atoms with Gasteiger partial charge in [-0.15, -0.1) is 0 Å². The Labute approximate surface area is 149 Å². The first-order chi connectivity index (χ1) is 12.3. The number of hydrogen-bond donors (Lipinski definition) is 0. The topological polar surface area (TPSA) is 12.5 Å². The van der Waals surface area contributed by atoms with Crippen molar-refractivity contribution in [3.05, 3.63) is 83.4 Å². The van der Waals surface area contributed by atoms with E-state index in [2.05, 4.69) is 66.4 Å². The summed E-state index contributed by atoms with van der Waals surface area (Å²) < 4.78 is 5.25. The van der Waals surface area contributed by atoms with Crippen LogP contribution in [0.15, 0.2) is 66.7 Å². The summed E-state index contributed by atoms with van der Waals surface area (Å²) in [6, 6.07) is 23.8. The van der Waals surface area contributed by atoms with Crippen LogP contribution in [0.3, 0.4) is 0 Å². The van der Waals surface area contributed by atoms with Gasteiger partial charge in [0.05, 0.1) is 7.11 Å². The molecule has 0 unspecified atom stereocenters. The van der Waals surface area contributed by atoms with E-state index in [1.54, 1.807) is 7.11 Å². The maximum atomic E-state index is 5.25. The van der Waals surface area contributed by atoms with Crippen LogP contribution in [0.4, 0.5) is 5.69 Å². The summed E-state index contributed by atoms with van der Waals surface area (Å²) >= 11 is 0. The Kier molecular flexibility index (Phi) is 4.19. The van der Waals surface area contributed by atoms with Gasteiger partial charge in [0, 0.05) is 24.3 Å². The normalized spacial score (nSPS) is 12.5. The summed E-state index contributed by atoms with van der Waals surface area (Å²) in [5.74, 6) is 0.914. The van der Waals surface area contributed by atoms with Crippen molar-refractivity contribution in [1.82, 2.24) is 0 Å². The monoisotopic (exact) mass is 329 g/mol. The van der Waals surface area contributed by atoms with Gasteiger partial charge in [-0.25, -0.2) is 0 Å². The predicted octanol–water partition coefficient (Wildman–Crippen LogP) is 5.23. The van der Waals surface area contributed by atoms with Gasteiger partial charge in [-0.3, -0.25) is 0 Å². The van der Waals surface area contributed by atoms with Crippen molar-refractivity contribution in [1.29, 1.82) is 0 Å². The molecule has 2 nitrogen and oxygen atoms in total. The van der Waals surface area contributed by atoms with E-state index in [4.69, 9.17) is 4.74 Å². The highest BCUT2D eigenvalue weighted by molar-refractivity contribution is 5.85. The third kappa shape index (κ3) is 3.00. The number of hydrogen-bond acceptors (Lipinski definition) is 2. The number of methoxy groups -OCH3 is 1. The molecule has 3 aromatic carbocycles. The molecule has 0 aliphatic carbocycles. The van der Waals surface area contributed by atoms with E-state index in [0.717, 1.165) is 25.3 Å². The standard InChI is InChI=1S/C23H23NO/c1-17-6-5-9-22-21-8-4-3-7-19(21)16-24(23(17)22)15-14-18-10-12-20(25-2)13-11-18/h3-13H,14-16H2,1-2H3. The van der Waals surface area contributed by atoms with Crippen LogP contribution in [0, 0.1) is 6.92 Å². The van der Waals surface area contributed by atoms with E-state index in [9.17, 15) is 0 Å². The van der Waals surface area contributed by atoms with Gasteiger partial charge in [0.2, 0.25) is 0 Å². The number of ether oxygens (including phenoxy) is 1. The van der Waals surface area contributed by atoms with Crippen LogP contribution < -0.4 is 9.64 Å². The zero-order valence-electron chi connectivity index (χ0n) is 14.8. The Morgan fingerprint density at radius 2 is 1.64 bits per heavy atom. The van der Waals surface area contributed by atoms with Crippen LogP contribution >= 0.6 is 0 Å². The van der Waals surface area contributed by atoms with Gasteiger partial charge < -0.3 is 9.64 Å². The lowest BCUT2D eigenvalue weighted by atomic mass is 9.91. The molecular formula is C23H23NO. The third-order valence-corrected chi connectivity index (χ3v) is 5.05. The molecule has 25 heavy (non-hydrogen) atoms. The molecule has 0 fully saturated rings. The second-order valence-electron chi connectivity index (χ2n) is 6.65. The summed E-state index contributed by atoms with van der Waals surface area (Å²) in [4.78, 5) is 2.53. The molecule has 0 saturated heterocycles. The molecule has 0 radical (unpaired) electrons. The van der Waals surface area contributed by atoms with Crippen LogP contribution in [-0.2, 0) is 13.0 Å². The molecule has 1 aliphatic heterocycles. The number of benzene rings is 3. The zero-order valence-corrected chi connectivity index (χ0v) is 14.8. The Morgan fingerprint density at radius 1 is 0.880 bits per heavy atom. The van der Waals surface area contributed by atoms with Crippen LogP contribution in [-0.4, -0.2) is 13.7 Å². The fourth-order valence-electron chi connectivity index (χ4n) is 3.75. The highest BCUT2D eigenvalue weighted by Crippen LogP contribution is 2.40. The Bertz CT molecular complexity index is 883. The molecule has 126 valence electrons. The fraction of sp³-hybridized carbons (Fsp3) is 0.217. The van der Waals surface area contributed by atoms with Gasteiger partial charge in [-0.05, 0) is 47.7 Å². The van der Waals surface area contributed by atoms with E-state index >= 15 is 0 Å². The van der Waals surface area contributed by atoms with Crippen LogP contribution in [0.25, 0.3) is 11.1 Å². The summed E-state index contributed by atoms with van der Waals surface area (Å²) in [7, 11) is 1.71. The van der Waals surface area contributed by atoms with Gasteiger partial charge in [-0.2, -0.15) is 0 Å². The molecule has 0 bridgehead atoms. The second-order valence-corrected chi connectivity index (χ2v) is 6.65. The molecule has 4 rings (SSSR count). The maximum Gasteiger partial charge on any atom is 0.118 e. The van der Waals surface area contributed by atoms with Crippen molar-refractivity contribution in [2.24, 2.45) is 0 Å². The lowest BCUT2D eigenvalue weighted by Crippen LogP contribution is -2.29. The summed E-state index contributed by atoms with van der Waals surface area (Å²) in [6.07, 6.45) is 1.03. The molecule has 0 saturated carbocycles. The highest BCUT2D eigenvalue weighted by Gasteiger charge is 2.22. The van der Waals surface area contributed by atoms with E-state index in [0.29, 0.717) is 0 Å². The SMILES string of the molecule is COc1ccc(CCN2Cc3ccccc3-c3cccc(C)c32)cc1. The average Bonchev–Trinajstić information content (AvgIpc) is 2.66. The van der Waals surface area contributed by atoms with Crippen molar-refractivity contribution < 1.29 is 4.74 Å². The number of fused-ring (bicyclic) bond motifs is 3. The third-order valence-electron chi connectivity index (χ3n) is 5.05. The summed E-state index contributed by atoms with van der Waals surface area (Å²) in [5, 5.41) is 0. The zero-order chi connectivity index (χ0) is 17.2. The number of anilines is 1. The molecule has 0 spiro atoms. The molecule has 3 aromatic rings. The highest BCUT2D eigenvalue weighted by atomic mass is 16.5. The van der Waals surface area contributed by atoms with E-state index in [1.807, 2.05) is 12.1 Å². The second kappa shape index (κ2) is 6.64. The van der Waals surface area contributed by atoms with Crippen LogP contribution in [0.1, 0.15) is 16.7 Å². The largest absolute Gasteiger partial charge is 0.497 e. The Hall–Kier alpha value is -2.74. The number of para-hydroxylation sites is 1. The quantitative estimate of drug-likeness (QED) is 0.649. The first kappa shape index (κ1) is 15.8. The minimum absolute atomic E-state index is 0.914. The van der Waals surface area contributed by atoms with Crippen molar-refractivity contribution >= 4 is 5.69 Å². The lowest BCUT2D eigenvalue weighted by molar-refractivity contribution is 0.414. The van der Waals surface area contributed by atoms with Crippen LogP contribution in [0.2, 0.25) is 0 Å². The minimum atomic E-state index is 0.914. The van der Waals surface area contributed by atoms with Crippen molar-refractivity contribution in [2.45, 2.75) is 19.9 Å². The van der Waals surface area contributed by atoms with E-state index in [1.165, 1.54) is 33.5 Å². The molecule has 0 amide bonds. The smallest absolute Gasteiger partial charge is 0.118 e. The Balaban J connectivity index is 1.62. The summed E-state index contributed by atoms with van der Waals surface area (Å²) in [6.45, 7) is 4.20. The number of aryl methyl sites for hydroxylation is 1. The molecular weight excluding hydrogens is 306 g/mol. The average molecular weight is 329 g/mol. The van der Waals surface area contributed by atoms with Gasteiger partial charge in [0.25, 0.3) is 0 Å². The predicted molar refractivity (Wildman–Crippen MR) is 104 cm³/mol. The van der Waals surface area contributed by atoms with Gasteiger partial charge in [0.1, 0.15) is 5.75 Å². The number of nitrogens with zero attached hydrogens (tertiary/aromatic N) is 1. The van der Waals surface area contributed by atoms with Crippen molar-refractivity contribution in [3.8, 4) is 16.9 Å².